The molecule has 1 unspecified atom stereocenters. The molecule has 0 aliphatic rings. The molecule has 0 heterocycles. The van der Waals surface area contributed by atoms with Crippen LogP contribution in [0.25, 0.3) is 0 Å². The molecule has 0 amide bonds. The Kier molecular flexibility index (Phi) is 19.7. The zero-order valence-electron chi connectivity index (χ0n) is 25.5. The average Bonchev–Trinajstić information content (AvgIpc) is 3.01. The first kappa shape index (κ1) is 38.1. The fourth-order valence-corrected chi connectivity index (χ4v) is 3.79. The van der Waals surface area contributed by atoms with E-state index in [1.807, 2.05) is 89.1 Å². The summed E-state index contributed by atoms with van der Waals surface area (Å²) in [4.78, 5) is 20.9. The largest absolute Gasteiger partial charge is 0.410 e. The topological polar surface area (TPSA) is 43.4 Å². The molecule has 0 aliphatic carbocycles. The van der Waals surface area contributed by atoms with Crippen molar-refractivity contribution in [2.24, 2.45) is 0 Å². The second-order valence-corrected chi connectivity index (χ2v) is 8.86. The molecule has 0 saturated carbocycles. The average molecular weight is 584 g/mol. The molecule has 1 radical (unpaired) electrons. The first-order chi connectivity index (χ1) is 20.2. The number of carbonyl (C=O) groups excluding carboxylic acids is 2. The van der Waals surface area contributed by atoms with Crippen LogP contribution in [0.15, 0.2) is 78.9 Å². The van der Waals surface area contributed by atoms with Gasteiger partial charge in [-0.2, -0.15) is 13.2 Å². The molecule has 1 atom stereocenters. The molecule has 0 aromatic heterocycles. The van der Waals surface area contributed by atoms with E-state index in [0.29, 0.717) is 24.8 Å². The molecule has 229 valence electrons. The fraction of sp³-hybridized carbons (Fsp3) is 0.333. The van der Waals surface area contributed by atoms with Gasteiger partial charge in [0.2, 0.25) is 0 Å². The third-order valence-corrected chi connectivity index (χ3v) is 5.75. The SMILES string of the molecule is C=O.CC.CCC#Cc1cc(CC(=O)C(C)c2ccccc2)ccc1CCc1cccc([C]=CC(F)(F)F)c1.COC.[HH].[HH]. The summed E-state index contributed by atoms with van der Waals surface area (Å²) in [5.74, 6) is 6.30. The van der Waals surface area contributed by atoms with Gasteiger partial charge in [0, 0.05) is 47.5 Å². The van der Waals surface area contributed by atoms with Gasteiger partial charge in [0.1, 0.15) is 12.6 Å². The van der Waals surface area contributed by atoms with E-state index >= 15 is 0 Å². The summed E-state index contributed by atoms with van der Waals surface area (Å²) in [7, 11) is 3.25. The van der Waals surface area contributed by atoms with Crippen molar-refractivity contribution in [3.8, 4) is 11.8 Å². The second-order valence-electron chi connectivity index (χ2n) is 8.86. The Bertz CT molecular complexity index is 1280. The molecular formula is C36H46F3O3. The summed E-state index contributed by atoms with van der Waals surface area (Å²) in [5, 5.41) is 0. The van der Waals surface area contributed by atoms with Crippen LogP contribution in [0.1, 0.15) is 76.3 Å². The molecule has 3 rings (SSSR count). The summed E-state index contributed by atoms with van der Waals surface area (Å²) < 4.78 is 41.6. The van der Waals surface area contributed by atoms with E-state index in [-0.39, 0.29) is 20.6 Å². The van der Waals surface area contributed by atoms with E-state index in [0.717, 1.165) is 34.2 Å². The first-order valence-electron chi connectivity index (χ1n) is 13.8. The minimum Gasteiger partial charge on any atom is -0.388 e. The van der Waals surface area contributed by atoms with Crippen molar-refractivity contribution in [3.63, 3.8) is 0 Å². The van der Waals surface area contributed by atoms with Crippen molar-refractivity contribution in [2.75, 3.05) is 14.2 Å². The lowest BCUT2D eigenvalue weighted by Gasteiger charge is -2.12. The van der Waals surface area contributed by atoms with Crippen molar-refractivity contribution in [1.29, 1.82) is 0 Å². The molecule has 3 aromatic carbocycles. The van der Waals surface area contributed by atoms with Gasteiger partial charge >= 0.3 is 6.18 Å². The van der Waals surface area contributed by atoms with Crippen LogP contribution in [0, 0.1) is 17.9 Å². The molecule has 6 heteroatoms. The molecule has 3 nitrogen and oxygen atoms in total. The number of ether oxygens (including phenoxy) is 1. The minimum atomic E-state index is -4.38. The molecule has 0 spiro atoms. The first-order valence-corrected chi connectivity index (χ1v) is 13.8. The van der Waals surface area contributed by atoms with Gasteiger partial charge in [0.25, 0.3) is 0 Å². The molecule has 0 bridgehead atoms. The number of allylic oxidation sites excluding steroid dienone is 1. The molecule has 0 fully saturated rings. The van der Waals surface area contributed by atoms with Crippen molar-refractivity contribution in [2.45, 2.75) is 65.5 Å². The van der Waals surface area contributed by atoms with Crippen LogP contribution in [0.5, 0.6) is 0 Å². The standard InChI is InChI=1S/C31H28F3O.C2H6O.C2H6.CH2O.2H2/c1-3-4-11-29-21-26(22-30(35)23(2)27-12-6-5-7-13-27)15-17-28(29)16-14-24-9-8-10-25(20-24)18-19-31(32,33)34;1-3-2;2*1-2;;/h5-10,12-13,15,17,19-21,23H,3,14,16,22H2,1-2H3;1-2H3;1-2H3;1H2;2*1H. The lowest BCUT2D eigenvalue weighted by atomic mass is 9.91. The van der Waals surface area contributed by atoms with Gasteiger partial charge < -0.3 is 9.53 Å². The number of carbonyl (C=O) groups is 2. The summed E-state index contributed by atoms with van der Waals surface area (Å²) in [6.07, 6.45) is 0.450. The summed E-state index contributed by atoms with van der Waals surface area (Å²) in [6.45, 7) is 9.91. The van der Waals surface area contributed by atoms with Gasteiger partial charge in [0.15, 0.2) is 0 Å². The van der Waals surface area contributed by atoms with Gasteiger partial charge in [-0.3, -0.25) is 4.79 Å². The minimum absolute atomic E-state index is 0. The Morgan fingerprint density at radius 3 is 2.19 bits per heavy atom. The van der Waals surface area contributed by atoms with Crippen LogP contribution < -0.4 is 0 Å². The summed E-state index contributed by atoms with van der Waals surface area (Å²) in [5.41, 5.74) is 5.20. The molecule has 0 saturated heterocycles. The molecular weight excluding hydrogens is 537 g/mol. The van der Waals surface area contributed by atoms with Crippen molar-refractivity contribution < 1.29 is 30.4 Å². The fourth-order valence-electron chi connectivity index (χ4n) is 3.79. The Hall–Kier alpha value is -3.95. The Morgan fingerprint density at radius 1 is 0.952 bits per heavy atom. The lowest BCUT2D eigenvalue weighted by Crippen LogP contribution is -2.12. The number of hydrogen-bond acceptors (Lipinski definition) is 3. The van der Waals surface area contributed by atoms with Gasteiger partial charge in [-0.15, -0.1) is 0 Å². The maximum absolute atomic E-state index is 12.9. The van der Waals surface area contributed by atoms with Crippen molar-refractivity contribution >= 4 is 12.6 Å². The third kappa shape index (κ3) is 15.2. The predicted molar refractivity (Wildman–Crippen MR) is 170 cm³/mol. The van der Waals surface area contributed by atoms with Crippen LogP contribution in [0.2, 0.25) is 0 Å². The molecule has 3 aromatic rings. The van der Waals surface area contributed by atoms with E-state index in [2.05, 4.69) is 22.7 Å². The number of methoxy groups -OCH3 is 1. The van der Waals surface area contributed by atoms with Gasteiger partial charge in [0.05, 0.1) is 0 Å². The molecule has 0 N–H and O–H groups in total. The van der Waals surface area contributed by atoms with E-state index < -0.39 is 6.18 Å². The zero-order chi connectivity index (χ0) is 32.0. The van der Waals surface area contributed by atoms with Crippen molar-refractivity contribution in [3.05, 3.63) is 118 Å². The van der Waals surface area contributed by atoms with Gasteiger partial charge in [-0.05, 0) is 52.8 Å². The van der Waals surface area contributed by atoms with Gasteiger partial charge in [-0.1, -0.05) is 106 Å². The van der Waals surface area contributed by atoms with Crippen LogP contribution in [0.3, 0.4) is 0 Å². The van der Waals surface area contributed by atoms with E-state index in [1.165, 1.54) is 0 Å². The van der Waals surface area contributed by atoms with E-state index in [9.17, 15) is 18.0 Å². The van der Waals surface area contributed by atoms with Gasteiger partial charge in [-0.25, -0.2) is 0 Å². The zero-order valence-corrected chi connectivity index (χ0v) is 25.5. The highest BCUT2D eigenvalue weighted by Crippen LogP contribution is 2.21. The number of halogens is 3. The van der Waals surface area contributed by atoms with Crippen LogP contribution in [-0.4, -0.2) is 33.0 Å². The smallest absolute Gasteiger partial charge is 0.388 e. The van der Waals surface area contributed by atoms with Crippen molar-refractivity contribution in [1.82, 2.24) is 0 Å². The van der Waals surface area contributed by atoms with E-state index in [4.69, 9.17) is 4.79 Å². The summed E-state index contributed by atoms with van der Waals surface area (Å²) in [6, 6.07) is 22.7. The van der Waals surface area contributed by atoms with E-state index in [1.54, 1.807) is 32.4 Å². The van der Waals surface area contributed by atoms with Crippen LogP contribution in [0.4, 0.5) is 13.2 Å². The predicted octanol–water partition coefficient (Wildman–Crippen LogP) is 9.01. The maximum atomic E-state index is 12.9. The normalized spacial score (nSPS) is 10.9. The number of Topliss-reactive ketones (excluding diaryl/α,β-unsaturated/α-hetero) is 1. The number of alkyl halides is 3. The second kappa shape index (κ2) is 21.8. The Labute approximate surface area is 252 Å². The Morgan fingerprint density at radius 2 is 1.60 bits per heavy atom. The number of ketones is 1. The number of benzene rings is 3. The maximum Gasteiger partial charge on any atom is 0.410 e. The number of aryl methyl sites for hydroxylation is 2. The highest BCUT2D eigenvalue weighted by Gasteiger charge is 2.22. The number of rotatable bonds is 8. The Balaban J connectivity index is -0.00000173. The number of hydrogen-bond donors (Lipinski definition) is 0. The molecule has 0 aliphatic heterocycles. The third-order valence-electron chi connectivity index (χ3n) is 5.75. The highest BCUT2D eigenvalue weighted by molar-refractivity contribution is 5.87. The summed E-state index contributed by atoms with van der Waals surface area (Å²) >= 11 is 0. The monoisotopic (exact) mass is 583 g/mol. The quantitative estimate of drug-likeness (QED) is 0.249. The lowest BCUT2D eigenvalue weighted by molar-refractivity contribution is -0.119. The highest BCUT2D eigenvalue weighted by atomic mass is 19.4. The molecule has 42 heavy (non-hydrogen) atoms. The van der Waals surface area contributed by atoms with Crippen LogP contribution >= 0.6 is 0 Å². The van der Waals surface area contributed by atoms with Crippen LogP contribution in [-0.2, 0) is 33.6 Å².